The van der Waals surface area contributed by atoms with Gasteiger partial charge in [0.05, 0.1) is 6.54 Å². The number of nitrogens with zero attached hydrogens (tertiary/aromatic N) is 4. The molecule has 0 aliphatic carbocycles. The van der Waals surface area contributed by atoms with Crippen molar-refractivity contribution in [2.75, 3.05) is 13.1 Å². The van der Waals surface area contributed by atoms with E-state index in [1.165, 1.54) is 25.7 Å². The predicted octanol–water partition coefficient (Wildman–Crippen LogP) is 1.00. The molecule has 0 saturated carbocycles. The summed E-state index contributed by atoms with van der Waals surface area (Å²) in [4.78, 5) is 6.83. The molecular formula is C12H23N5. The first-order valence-electron chi connectivity index (χ1n) is 6.66. The molecule has 2 N–H and O–H groups in total. The number of likely N-dealkylation sites (tertiary alicyclic amines) is 1. The Balaban J connectivity index is 2.04. The molecule has 1 aromatic heterocycles. The third-order valence-corrected chi connectivity index (χ3v) is 3.61. The van der Waals surface area contributed by atoms with E-state index in [9.17, 15) is 0 Å². The van der Waals surface area contributed by atoms with Gasteiger partial charge in [-0.1, -0.05) is 12.8 Å². The maximum atomic E-state index is 5.88. The van der Waals surface area contributed by atoms with Gasteiger partial charge in [-0.25, -0.2) is 9.67 Å². The number of rotatable bonds is 4. The lowest BCUT2D eigenvalue weighted by molar-refractivity contribution is 0.188. The van der Waals surface area contributed by atoms with Gasteiger partial charge >= 0.3 is 0 Å². The average molecular weight is 237 g/mol. The lowest BCUT2D eigenvalue weighted by Crippen LogP contribution is -2.40. The van der Waals surface area contributed by atoms with E-state index in [-0.39, 0.29) is 0 Å². The molecule has 2 rings (SSSR count). The zero-order valence-electron chi connectivity index (χ0n) is 10.7. The van der Waals surface area contributed by atoms with Crippen molar-refractivity contribution in [3.63, 3.8) is 0 Å². The Morgan fingerprint density at radius 3 is 3.06 bits per heavy atom. The highest BCUT2D eigenvalue weighted by molar-refractivity contribution is 4.87. The van der Waals surface area contributed by atoms with Gasteiger partial charge < -0.3 is 5.73 Å². The van der Waals surface area contributed by atoms with Gasteiger partial charge in [0.2, 0.25) is 0 Å². The van der Waals surface area contributed by atoms with E-state index in [4.69, 9.17) is 5.73 Å². The van der Waals surface area contributed by atoms with Crippen LogP contribution in [0.1, 0.15) is 38.4 Å². The minimum absolute atomic E-state index is 0.513. The van der Waals surface area contributed by atoms with Crippen molar-refractivity contribution < 1.29 is 0 Å². The number of nitrogens with two attached hydrogens (primary N) is 1. The van der Waals surface area contributed by atoms with Crippen LogP contribution >= 0.6 is 0 Å². The smallest absolute Gasteiger partial charge is 0.141 e. The van der Waals surface area contributed by atoms with Gasteiger partial charge in [-0.3, -0.25) is 4.90 Å². The molecule has 1 unspecified atom stereocenters. The molecule has 0 amide bonds. The van der Waals surface area contributed by atoms with Crippen molar-refractivity contribution in [3.8, 4) is 0 Å². The van der Waals surface area contributed by atoms with Gasteiger partial charge in [0, 0.05) is 19.1 Å². The molecule has 0 radical (unpaired) electrons. The van der Waals surface area contributed by atoms with E-state index in [2.05, 4.69) is 21.9 Å². The fourth-order valence-electron chi connectivity index (χ4n) is 2.57. The number of aromatic nitrogens is 3. The normalized spacial score (nSPS) is 22.6. The minimum Gasteiger partial charge on any atom is -0.329 e. The average Bonchev–Trinajstić information content (AvgIpc) is 2.67. The van der Waals surface area contributed by atoms with E-state index in [1.807, 2.05) is 4.68 Å². The third-order valence-electron chi connectivity index (χ3n) is 3.61. The van der Waals surface area contributed by atoms with E-state index >= 15 is 0 Å². The second kappa shape index (κ2) is 6.12. The molecule has 2 heterocycles. The Kier molecular flexibility index (Phi) is 4.50. The summed E-state index contributed by atoms with van der Waals surface area (Å²) in [6.45, 7) is 5.76. The van der Waals surface area contributed by atoms with Gasteiger partial charge in [-0.15, -0.1) is 0 Å². The summed E-state index contributed by atoms with van der Waals surface area (Å²) in [5.41, 5.74) is 5.88. The summed E-state index contributed by atoms with van der Waals surface area (Å²) in [6, 6.07) is 0.513. The van der Waals surface area contributed by atoms with Crippen LogP contribution in [-0.2, 0) is 13.1 Å². The van der Waals surface area contributed by atoms with Crippen molar-refractivity contribution in [1.29, 1.82) is 0 Å². The first kappa shape index (κ1) is 12.5. The van der Waals surface area contributed by atoms with Gasteiger partial charge in [0.15, 0.2) is 0 Å². The summed E-state index contributed by atoms with van der Waals surface area (Å²) in [6.07, 6.45) is 6.77. The summed E-state index contributed by atoms with van der Waals surface area (Å²) in [5, 5.41) is 4.22. The summed E-state index contributed by atoms with van der Waals surface area (Å²) in [5.74, 6) is 1.06. The summed E-state index contributed by atoms with van der Waals surface area (Å²) >= 11 is 0. The summed E-state index contributed by atoms with van der Waals surface area (Å²) in [7, 11) is 0. The van der Waals surface area contributed by atoms with Crippen LogP contribution in [-0.4, -0.2) is 38.8 Å². The number of hydrogen-bond acceptors (Lipinski definition) is 4. The second-order valence-electron chi connectivity index (χ2n) is 4.70. The molecule has 96 valence electrons. The molecule has 1 aromatic rings. The molecule has 5 heteroatoms. The summed E-state index contributed by atoms with van der Waals surface area (Å²) < 4.78 is 1.97. The van der Waals surface area contributed by atoms with Crippen LogP contribution in [0.15, 0.2) is 6.33 Å². The van der Waals surface area contributed by atoms with Gasteiger partial charge in [0.1, 0.15) is 12.2 Å². The first-order valence-corrected chi connectivity index (χ1v) is 6.66. The van der Waals surface area contributed by atoms with Crippen LogP contribution in [0.25, 0.3) is 0 Å². The minimum atomic E-state index is 0.513. The molecule has 1 saturated heterocycles. The fourth-order valence-corrected chi connectivity index (χ4v) is 2.57. The topological polar surface area (TPSA) is 60.0 Å². The van der Waals surface area contributed by atoms with Gasteiger partial charge in [0.25, 0.3) is 0 Å². The van der Waals surface area contributed by atoms with Crippen molar-refractivity contribution in [1.82, 2.24) is 19.7 Å². The third kappa shape index (κ3) is 3.04. The van der Waals surface area contributed by atoms with Crippen LogP contribution in [0.3, 0.4) is 0 Å². The fraction of sp³-hybridized carbons (Fsp3) is 0.833. The van der Waals surface area contributed by atoms with Crippen LogP contribution in [0.4, 0.5) is 0 Å². The molecule has 17 heavy (non-hydrogen) atoms. The second-order valence-corrected chi connectivity index (χ2v) is 4.70. The molecule has 1 fully saturated rings. The Morgan fingerprint density at radius 1 is 1.41 bits per heavy atom. The van der Waals surface area contributed by atoms with Crippen molar-refractivity contribution in [3.05, 3.63) is 12.2 Å². The molecule has 1 atom stereocenters. The van der Waals surface area contributed by atoms with Crippen LogP contribution < -0.4 is 5.73 Å². The van der Waals surface area contributed by atoms with Crippen LogP contribution in [0.2, 0.25) is 0 Å². The maximum absolute atomic E-state index is 5.88. The SMILES string of the molecule is CCn1ncnc1CN1CCCCCC1CN. The highest BCUT2D eigenvalue weighted by Crippen LogP contribution is 2.17. The zero-order valence-corrected chi connectivity index (χ0v) is 10.7. The monoisotopic (exact) mass is 237 g/mol. The van der Waals surface area contributed by atoms with Crippen LogP contribution in [0, 0.1) is 0 Å². The van der Waals surface area contributed by atoms with Gasteiger partial charge in [-0.05, 0) is 26.3 Å². The van der Waals surface area contributed by atoms with E-state index < -0.39 is 0 Å². The van der Waals surface area contributed by atoms with Crippen molar-refractivity contribution in [2.45, 2.75) is 51.7 Å². The Hall–Kier alpha value is -0.940. The highest BCUT2D eigenvalue weighted by Gasteiger charge is 2.21. The quantitative estimate of drug-likeness (QED) is 0.848. The standard InChI is InChI=1S/C12H23N5/c1-2-17-12(14-10-15-17)9-16-7-5-3-4-6-11(16)8-13/h10-11H,2-9,13H2,1H3. The molecule has 0 aromatic carbocycles. The molecule has 0 spiro atoms. The largest absolute Gasteiger partial charge is 0.329 e. The highest BCUT2D eigenvalue weighted by atomic mass is 15.3. The van der Waals surface area contributed by atoms with Crippen molar-refractivity contribution in [2.24, 2.45) is 5.73 Å². The Bertz CT molecular complexity index is 335. The molecule has 1 aliphatic heterocycles. The van der Waals surface area contributed by atoms with Crippen LogP contribution in [0.5, 0.6) is 0 Å². The Morgan fingerprint density at radius 2 is 2.29 bits per heavy atom. The maximum Gasteiger partial charge on any atom is 0.141 e. The number of aryl methyl sites for hydroxylation is 1. The zero-order chi connectivity index (χ0) is 12.1. The van der Waals surface area contributed by atoms with E-state index in [1.54, 1.807) is 6.33 Å². The lowest BCUT2D eigenvalue weighted by atomic mass is 10.1. The van der Waals surface area contributed by atoms with E-state index in [0.29, 0.717) is 6.04 Å². The van der Waals surface area contributed by atoms with E-state index in [0.717, 1.165) is 32.0 Å². The molecule has 1 aliphatic rings. The number of hydrogen-bond donors (Lipinski definition) is 1. The molecular weight excluding hydrogens is 214 g/mol. The molecule has 0 bridgehead atoms. The van der Waals surface area contributed by atoms with Gasteiger partial charge in [-0.2, -0.15) is 5.10 Å². The van der Waals surface area contributed by atoms with Crippen molar-refractivity contribution >= 4 is 0 Å². The molecule has 5 nitrogen and oxygen atoms in total. The first-order chi connectivity index (χ1) is 8.35. The lowest BCUT2D eigenvalue weighted by Gasteiger charge is -2.28. The predicted molar refractivity (Wildman–Crippen MR) is 67.4 cm³/mol. The Labute approximate surface area is 103 Å².